The summed E-state index contributed by atoms with van der Waals surface area (Å²) in [6.07, 6.45) is 1.60. The molecule has 2 aromatic heterocycles. The topological polar surface area (TPSA) is 66.5 Å². The first-order valence-corrected chi connectivity index (χ1v) is 9.10. The van der Waals surface area contributed by atoms with Crippen LogP contribution in [0.2, 0.25) is 0 Å². The second-order valence-electron chi connectivity index (χ2n) is 6.29. The van der Waals surface area contributed by atoms with Gasteiger partial charge in [0, 0.05) is 11.8 Å². The molecule has 6 nitrogen and oxygen atoms in total. The van der Waals surface area contributed by atoms with Crippen molar-refractivity contribution >= 4 is 22.7 Å². The van der Waals surface area contributed by atoms with Gasteiger partial charge in [0.2, 0.25) is 6.79 Å². The predicted octanol–water partition coefficient (Wildman–Crippen LogP) is 3.51. The molecule has 0 unspecified atom stereocenters. The molecule has 0 fully saturated rings. The monoisotopic (exact) mass is 358 g/mol. The number of furan rings is 1. The van der Waals surface area contributed by atoms with Crippen LogP contribution in [0, 0.1) is 5.92 Å². The molecule has 0 atom stereocenters. The van der Waals surface area contributed by atoms with E-state index in [2.05, 4.69) is 13.8 Å². The van der Waals surface area contributed by atoms with Gasteiger partial charge in [-0.05, 0) is 24.1 Å². The van der Waals surface area contributed by atoms with Crippen molar-refractivity contribution in [1.82, 2.24) is 9.55 Å². The number of hydrogen-bond donors (Lipinski definition) is 0. The van der Waals surface area contributed by atoms with E-state index in [-0.39, 0.29) is 12.4 Å². The minimum atomic E-state index is -0.106. The minimum absolute atomic E-state index is 0.106. The van der Waals surface area contributed by atoms with Crippen LogP contribution in [0.4, 0.5) is 0 Å². The fourth-order valence-electron chi connectivity index (χ4n) is 2.64. The predicted molar refractivity (Wildman–Crippen MR) is 95.5 cm³/mol. The second-order valence-corrected chi connectivity index (χ2v) is 7.28. The fraction of sp³-hybridized carbons (Fsp3) is 0.333. The Morgan fingerprint density at radius 3 is 2.80 bits per heavy atom. The van der Waals surface area contributed by atoms with E-state index in [4.69, 9.17) is 18.9 Å². The Morgan fingerprint density at radius 1 is 1.28 bits per heavy atom. The first kappa shape index (κ1) is 16.1. The molecule has 0 aliphatic carbocycles. The first-order chi connectivity index (χ1) is 12.1. The summed E-state index contributed by atoms with van der Waals surface area (Å²) >= 11 is 1.58. The summed E-state index contributed by atoms with van der Waals surface area (Å²) in [5.74, 6) is 3.30. The Hall–Kier alpha value is -2.41. The van der Waals surface area contributed by atoms with E-state index in [1.165, 1.54) is 0 Å². The molecule has 1 aromatic carbocycles. The number of ether oxygens (including phenoxy) is 2. The third-order valence-corrected chi connectivity index (χ3v) is 5.26. The van der Waals surface area contributed by atoms with Crippen LogP contribution in [0.3, 0.4) is 0 Å². The highest BCUT2D eigenvalue weighted by molar-refractivity contribution is 7.99. The average Bonchev–Trinajstić information content (AvgIpc) is 3.25. The Bertz CT molecular complexity index is 963. The number of nitrogens with zero attached hydrogens (tertiary/aromatic N) is 2. The van der Waals surface area contributed by atoms with Gasteiger partial charge in [-0.2, -0.15) is 0 Å². The van der Waals surface area contributed by atoms with E-state index in [1.807, 2.05) is 12.1 Å². The van der Waals surface area contributed by atoms with Crippen LogP contribution in [0.5, 0.6) is 11.5 Å². The Labute approximate surface area is 148 Å². The van der Waals surface area contributed by atoms with Gasteiger partial charge in [-0.25, -0.2) is 4.98 Å². The number of aromatic nitrogens is 2. The van der Waals surface area contributed by atoms with E-state index < -0.39 is 0 Å². The second kappa shape index (κ2) is 6.48. The van der Waals surface area contributed by atoms with Gasteiger partial charge in [-0.15, -0.1) is 0 Å². The molecule has 0 amide bonds. The van der Waals surface area contributed by atoms with Crippen LogP contribution in [0.15, 0.2) is 44.9 Å². The highest BCUT2D eigenvalue weighted by Gasteiger charge is 2.19. The molecule has 0 radical (unpaired) electrons. The van der Waals surface area contributed by atoms with Crippen LogP contribution in [0.25, 0.3) is 10.9 Å². The third kappa shape index (κ3) is 3.11. The molecule has 25 heavy (non-hydrogen) atoms. The third-order valence-electron chi connectivity index (χ3n) is 3.85. The van der Waals surface area contributed by atoms with E-state index in [1.54, 1.807) is 34.7 Å². The molecule has 7 heteroatoms. The summed E-state index contributed by atoms with van der Waals surface area (Å²) < 4.78 is 17.9. The Morgan fingerprint density at radius 2 is 2.08 bits per heavy atom. The average molecular weight is 358 g/mol. The van der Waals surface area contributed by atoms with Gasteiger partial charge < -0.3 is 13.9 Å². The summed E-state index contributed by atoms with van der Waals surface area (Å²) in [4.78, 5) is 17.8. The van der Waals surface area contributed by atoms with Crippen molar-refractivity contribution in [2.24, 2.45) is 5.92 Å². The molecule has 1 aliphatic rings. The van der Waals surface area contributed by atoms with E-state index in [0.29, 0.717) is 40.0 Å². The van der Waals surface area contributed by atoms with Crippen LogP contribution < -0.4 is 15.0 Å². The molecule has 3 heterocycles. The normalized spacial score (nSPS) is 13.1. The largest absolute Gasteiger partial charge is 0.467 e. The van der Waals surface area contributed by atoms with E-state index in [0.717, 1.165) is 11.5 Å². The Balaban J connectivity index is 1.86. The number of thioether (sulfide) groups is 1. The van der Waals surface area contributed by atoms with Crippen molar-refractivity contribution in [1.29, 1.82) is 0 Å². The van der Waals surface area contributed by atoms with Crippen LogP contribution in [-0.2, 0) is 6.54 Å². The summed E-state index contributed by atoms with van der Waals surface area (Å²) in [6.45, 7) is 4.80. The van der Waals surface area contributed by atoms with Crippen molar-refractivity contribution in [3.63, 3.8) is 0 Å². The minimum Gasteiger partial charge on any atom is -0.467 e. The molecule has 0 spiro atoms. The highest BCUT2D eigenvalue weighted by Crippen LogP contribution is 2.35. The van der Waals surface area contributed by atoms with Crippen molar-refractivity contribution in [3.8, 4) is 11.5 Å². The van der Waals surface area contributed by atoms with Gasteiger partial charge in [-0.1, -0.05) is 25.6 Å². The molecule has 0 bridgehead atoms. The summed E-state index contributed by atoms with van der Waals surface area (Å²) in [5.41, 5.74) is 0.516. The van der Waals surface area contributed by atoms with E-state index >= 15 is 0 Å². The number of benzene rings is 1. The number of fused-ring (bicyclic) bond motifs is 2. The van der Waals surface area contributed by atoms with Gasteiger partial charge in [0.05, 0.1) is 23.7 Å². The molecule has 0 N–H and O–H groups in total. The van der Waals surface area contributed by atoms with Crippen LogP contribution in [0.1, 0.15) is 19.6 Å². The van der Waals surface area contributed by atoms with Gasteiger partial charge in [-0.3, -0.25) is 9.36 Å². The number of hydrogen-bond acceptors (Lipinski definition) is 6. The molecule has 0 saturated carbocycles. The van der Waals surface area contributed by atoms with Gasteiger partial charge in [0.15, 0.2) is 16.7 Å². The quantitative estimate of drug-likeness (QED) is 0.514. The van der Waals surface area contributed by atoms with Crippen molar-refractivity contribution in [2.45, 2.75) is 25.5 Å². The van der Waals surface area contributed by atoms with Crippen molar-refractivity contribution in [2.75, 3.05) is 12.5 Å². The van der Waals surface area contributed by atoms with Crippen LogP contribution in [-0.4, -0.2) is 22.1 Å². The fourth-order valence-corrected chi connectivity index (χ4v) is 3.59. The molecule has 3 aromatic rings. The SMILES string of the molecule is CC(C)CSc1nc2cc3c(cc2c(=O)n1Cc1ccco1)OCO3. The zero-order valence-corrected chi connectivity index (χ0v) is 14.8. The lowest BCUT2D eigenvalue weighted by Gasteiger charge is -2.13. The van der Waals surface area contributed by atoms with E-state index in [9.17, 15) is 4.79 Å². The molecular weight excluding hydrogens is 340 g/mol. The zero-order valence-electron chi connectivity index (χ0n) is 14.0. The summed E-state index contributed by atoms with van der Waals surface area (Å²) in [5, 5.41) is 1.20. The van der Waals surface area contributed by atoms with Gasteiger partial charge >= 0.3 is 0 Å². The lowest BCUT2D eigenvalue weighted by atomic mass is 10.2. The smallest absolute Gasteiger partial charge is 0.262 e. The first-order valence-electron chi connectivity index (χ1n) is 8.11. The summed E-state index contributed by atoms with van der Waals surface area (Å²) in [7, 11) is 0. The highest BCUT2D eigenvalue weighted by atomic mass is 32.2. The Kier molecular flexibility index (Phi) is 4.17. The molecule has 1 aliphatic heterocycles. The molecule has 130 valence electrons. The molecular formula is C18H18N2O4S. The maximum Gasteiger partial charge on any atom is 0.262 e. The lowest BCUT2D eigenvalue weighted by molar-refractivity contribution is 0.174. The van der Waals surface area contributed by atoms with Crippen LogP contribution >= 0.6 is 11.8 Å². The maximum atomic E-state index is 13.1. The van der Waals surface area contributed by atoms with Crippen molar-refractivity contribution in [3.05, 3.63) is 46.6 Å². The summed E-state index contributed by atoms with van der Waals surface area (Å²) in [6, 6.07) is 7.15. The number of rotatable bonds is 5. The van der Waals surface area contributed by atoms with Gasteiger partial charge in [0.1, 0.15) is 5.76 Å². The lowest BCUT2D eigenvalue weighted by Crippen LogP contribution is -2.24. The van der Waals surface area contributed by atoms with Gasteiger partial charge in [0.25, 0.3) is 5.56 Å². The van der Waals surface area contributed by atoms with Crippen molar-refractivity contribution < 1.29 is 13.9 Å². The zero-order chi connectivity index (χ0) is 17.4. The molecule has 0 saturated heterocycles. The standard InChI is InChI=1S/C18H18N2O4S/c1-11(2)9-25-18-19-14-7-16-15(23-10-24-16)6-13(14)17(21)20(18)8-12-4-3-5-22-12/h3-7,11H,8-10H2,1-2H3. The molecule has 4 rings (SSSR count). The maximum absolute atomic E-state index is 13.1.